The van der Waals surface area contributed by atoms with E-state index in [9.17, 15) is 4.79 Å². The van der Waals surface area contributed by atoms with Crippen LogP contribution < -0.4 is 4.74 Å². The Labute approximate surface area is 170 Å². The largest absolute Gasteiger partial charge is 0.491 e. The van der Waals surface area contributed by atoms with Gasteiger partial charge in [0.15, 0.2) is 0 Å². The van der Waals surface area contributed by atoms with Gasteiger partial charge in [-0.2, -0.15) is 0 Å². The molecule has 146 valence electrons. The number of likely N-dealkylation sites (N-methyl/N-ethyl adjacent to an activating group) is 1. The maximum atomic E-state index is 12.4. The Morgan fingerprint density at radius 3 is 2.59 bits per heavy atom. The highest BCUT2D eigenvalue weighted by atomic mass is 35.5. The Morgan fingerprint density at radius 2 is 1.89 bits per heavy atom. The lowest BCUT2D eigenvalue weighted by molar-refractivity contribution is -0.132. The summed E-state index contributed by atoms with van der Waals surface area (Å²) in [5.74, 6) is 0.913. The molecule has 1 amide bonds. The van der Waals surface area contributed by atoms with Crippen molar-refractivity contribution in [3.05, 3.63) is 51.7 Å². The van der Waals surface area contributed by atoms with Crippen LogP contribution in [0.15, 0.2) is 41.8 Å². The van der Waals surface area contributed by atoms with E-state index in [1.807, 2.05) is 47.7 Å². The molecule has 0 unspecified atom stereocenters. The van der Waals surface area contributed by atoms with Gasteiger partial charge < -0.3 is 9.64 Å². The van der Waals surface area contributed by atoms with Crippen LogP contribution in [0.25, 0.3) is 0 Å². The van der Waals surface area contributed by atoms with Crippen LogP contribution in [0.5, 0.6) is 5.75 Å². The number of hydrogen-bond acceptors (Lipinski definition) is 5. The van der Waals surface area contributed by atoms with Crippen molar-refractivity contribution in [1.82, 2.24) is 14.7 Å². The van der Waals surface area contributed by atoms with E-state index in [1.165, 1.54) is 4.88 Å². The van der Waals surface area contributed by atoms with Gasteiger partial charge in [-0.3, -0.25) is 14.6 Å². The maximum Gasteiger partial charge on any atom is 0.236 e. The zero-order valence-electron chi connectivity index (χ0n) is 15.6. The summed E-state index contributed by atoms with van der Waals surface area (Å²) in [6.45, 7) is 6.39. The first-order valence-electron chi connectivity index (χ1n) is 9.20. The van der Waals surface area contributed by atoms with E-state index >= 15 is 0 Å². The molecule has 1 aliphatic rings. The zero-order valence-corrected chi connectivity index (χ0v) is 17.2. The summed E-state index contributed by atoms with van der Waals surface area (Å²) >= 11 is 7.79. The van der Waals surface area contributed by atoms with Gasteiger partial charge in [0.25, 0.3) is 0 Å². The lowest BCUT2D eigenvalue weighted by Crippen LogP contribution is -2.50. The number of nitrogens with zero attached hydrogens (tertiary/aromatic N) is 3. The number of carbonyl (C=O) groups is 1. The molecule has 0 saturated carbocycles. The molecule has 3 rings (SSSR count). The van der Waals surface area contributed by atoms with Crippen LogP contribution in [-0.2, 0) is 11.3 Å². The Balaban J connectivity index is 1.33. The topological polar surface area (TPSA) is 36.0 Å². The molecule has 1 fully saturated rings. The Morgan fingerprint density at radius 1 is 1.15 bits per heavy atom. The summed E-state index contributed by atoms with van der Waals surface area (Å²) in [5, 5.41) is 2.69. The fourth-order valence-electron chi connectivity index (χ4n) is 3.05. The molecule has 1 aromatic heterocycles. The number of amides is 1. The SMILES string of the molecule is CN(Cc1cccs1)C(=O)CN1CCN(CCOc2ccccc2Cl)CC1. The molecule has 2 aromatic rings. The minimum Gasteiger partial charge on any atom is -0.491 e. The molecule has 1 aliphatic heterocycles. The average molecular weight is 408 g/mol. The fraction of sp³-hybridized carbons (Fsp3) is 0.450. The summed E-state index contributed by atoms with van der Waals surface area (Å²) in [6, 6.07) is 11.6. The second-order valence-electron chi connectivity index (χ2n) is 6.73. The van der Waals surface area contributed by atoms with Crippen molar-refractivity contribution in [2.75, 3.05) is 52.9 Å². The van der Waals surface area contributed by atoms with Crippen LogP contribution in [0.1, 0.15) is 4.88 Å². The Bertz CT molecular complexity index is 718. The Hall–Kier alpha value is -1.60. The highest BCUT2D eigenvalue weighted by molar-refractivity contribution is 7.09. The standard InChI is InChI=1S/C20H26ClN3O2S/c1-22(15-17-5-4-14-27-17)20(25)16-24-10-8-23(9-11-24)12-13-26-19-7-3-2-6-18(19)21/h2-7,14H,8-13,15-16H2,1H3. The minimum absolute atomic E-state index is 0.180. The molecular weight excluding hydrogens is 382 g/mol. The smallest absolute Gasteiger partial charge is 0.236 e. The van der Waals surface area contributed by atoms with E-state index in [0.29, 0.717) is 24.7 Å². The van der Waals surface area contributed by atoms with Gasteiger partial charge in [0.05, 0.1) is 18.1 Å². The van der Waals surface area contributed by atoms with E-state index in [1.54, 1.807) is 11.3 Å². The number of benzene rings is 1. The van der Waals surface area contributed by atoms with Gasteiger partial charge in [-0.1, -0.05) is 29.8 Å². The van der Waals surface area contributed by atoms with Crippen LogP contribution in [-0.4, -0.2) is 73.5 Å². The van der Waals surface area contributed by atoms with E-state index in [4.69, 9.17) is 16.3 Å². The normalized spacial score (nSPS) is 15.6. The predicted octanol–water partition coefficient (Wildman–Crippen LogP) is 3.06. The first kappa shape index (κ1) is 20.1. The second kappa shape index (κ2) is 10.1. The van der Waals surface area contributed by atoms with Crippen LogP contribution in [0.4, 0.5) is 0 Å². The molecule has 27 heavy (non-hydrogen) atoms. The lowest BCUT2D eigenvalue weighted by atomic mass is 10.3. The number of carbonyl (C=O) groups excluding carboxylic acids is 1. The molecule has 0 spiro atoms. The van der Waals surface area contributed by atoms with Gasteiger partial charge in [0, 0.05) is 44.6 Å². The molecule has 0 aliphatic carbocycles. The molecule has 2 heterocycles. The minimum atomic E-state index is 0.180. The van der Waals surface area contributed by atoms with Crippen LogP contribution in [0, 0.1) is 0 Å². The monoisotopic (exact) mass is 407 g/mol. The fourth-order valence-corrected chi connectivity index (χ4v) is 4.00. The van der Waals surface area contributed by atoms with Gasteiger partial charge in [0.1, 0.15) is 12.4 Å². The van der Waals surface area contributed by atoms with E-state index in [0.717, 1.165) is 38.5 Å². The van der Waals surface area contributed by atoms with Gasteiger partial charge >= 0.3 is 0 Å². The van der Waals surface area contributed by atoms with Crippen LogP contribution >= 0.6 is 22.9 Å². The molecule has 0 atom stereocenters. The summed E-state index contributed by atoms with van der Waals surface area (Å²) < 4.78 is 5.77. The molecule has 1 aromatic carbocycles. The van der Waals surface area contributed by atoms with Crippen molar-refractivity contribution < 1.29 is 9.53 Å². The third-order valence-electron chi connectivity index (χ3n) is 4.72. The number of thiophene rings is 1. The number of hydrogen-bond donors (Lipinski definition) is 0. The maximum absolute atomic E-state index is 12.4. The van der Waals surface area contributed by atoms with Crippen LogP contribution in [0.3, 0.4) is 0 Å². The first-order chi connectivity index (χ1) is 13.1. The average Bonchev–Trinajstić information content (AvgIpc) is 3.17. The lowest BCUT2D eigenvalue weighted by Gasteiger charge is -2.34. The van der Waals surface area contributed by atoms with Crippen molar-refractivity contribution in [3.63, 3.8) is 0 Å². The summed E-state index contributed by atoms with van der Waals surface area (Å²) in [6.07, 6.45) is 0. The number of para-hydroxylation sites is 1. The number of halogens is 1. The molecule has 1 saturated heterocycles. The quantitative estimate of drug-likeness (QED) is 0.673. The number of ether oxygens (including phenoxy) is 1. The van der Waals surface area contributed by atoms with Crippen LogP contribution in [0.2, 0.25) is 5.02 Å². The van der Waals surface area contributed by atoms with Gasteiger partial charge in [0.2, 0.25) is 5.91 Å². The highest BCUT2D eigenvalue weighted by Gasteiger charge is 2.20. The Kier molecular flexibility index (Phi) is 7.52. The van der Waals surface area contributed by atoms with E-state index in [-0.39, 0.29) is 5.91 Å². The number of rotatable bonds is 8. The van der Waals surface area contributed by atoms with Crippen molar-refractivity contribution in [3.8, 4) is 5.75 Å². The van der Waals surface area contributed by atoms with Crippen molar-refractivity contribution in [1.29, 1.82) is 0 Å². The number of piperazine rings is 1. The first-order valence-corrected chi connectivity index (χ1v) is 10.5. The molecular formula is C20H26ClN3O2S. The molecule has 0 bridgehead atoms. The van der Waals surface area contributed by atoms with E-state index < -0.39 is 0 Å². The predicted molar refractivity (Wildman–Crippen MR) is 111 cm³/mol. The molecule has 5 nitrogen and oxygen atoms in total. The summed E-state index contributed by atoms with van der Waals surface area (Å²) in [5.41, 5.74) is 0. The van der Waals surface area contributed by atoms with Gasteiger partial charge in [-0.15, -0.1) is 11.3 Å². The second-order valence-corrected chi connectivity index (χ2v) is 8.17. The van der Waals surface area contributed by atoms with E-state index in [2.05, 4.69) is 15.9 Å². The van der Waals surface area contributed by atoms with Crippen molar-refractivity contribution in [2.24, 2.45) is 0 Å². The van der Waals surface area contributed by atoms with Crippen molar-refractivity contribution in [2.45, 2.75) is 6.54 Å². The zero-order chi connectivity index (χ0) is 19.1. The third kappa shape index (κ3) is 6.21. The van der Waals surface area contributed by atoms with Crippen molar-refractivity contribution >= 4 is 28.8 Å². The summed E-state index contributed by atoms with van der Waals surface area (Å²) in [4.78, 5) is 20.1. The third-order valence-corrected chi connectivity index (χ3v) is 5.90. The highest BCUT2D eigenvalue weighted by Crippen LogP contribution is 2.22. The van der Waals surface area contributed by atoms with Gasteiger partial charge in [-0.25, -0.2) is 0 Å². The van der Waals surface area contributed by atoms with Gasteiger partial charge in [-0.05, 0) is 23.6 Å². The summed E-state index contributed by atoms with van der Waals surface area (Å²) in [7, 11) is 1.88. The molecule has 0 radical (unpaired) electrons. The molecule has 0 N–H and O–H groups in total. The molecule has 7 heteroatoms.